The van der Waals surface area contributed by atoms with Crippen molar-refractivity contribution in [2.75, 3.05) is 31.1 Å². The molecule has 1 fully saturated rings. The highest BCUT2D eigenvalue weighted by Crippen LogP contribution is 2.39. The van der Waals surface area contributed by atoms with E-state index in [0.717, 1.165) is 30.9 Å². The fraction of sp³-hybridized carbons (Fsp3) is 0.333. The molecule has 1 saturated heterocycles. The number of nitrogens with zero attached hydrogens (tertiary/aromatic N) is 4. The first-order valence-electron chi connectivity index (χ1n) is 12.3. The normalized spacial score (nSPS) is 17.1. The summed E-state index contributed by atoms with van der Waals surface area (Å²) in [6, 6.07) is 26.3. The van der Waals surface area contributed by atoms with Crippen LogP contribution in [0.4, 0.5) is 5.69 Å². The lowest BCUT2D eigenvalue weighted by Gasteiger charge is -2.45. The Labute approximate surface area is 229 Å². The van der Waals surface area contributed by atoms with Crippen molar-refractivity contribution >= 4 is 28.9 Å². The molecule has 5 nitrogen and oxygen atoms in total. The fourth-order valence-electron chi connectivity index (χ4n) is 4.57. The van der Waals surface area contributed by atoms with Crippen LogP contribution in [-0.4, -0.2) is 31.1 Å². The van der Waals surface area contributed by atoms with E-state index >= 15 is 0 Å². The van der Waals surface area contributed by atoms with Crippen LogP contribution in [0.3, 0.4) is 0 Å². The molecular weight excluding hydrogens is 503 g/mol. The quantitative estimate of drug-likeness (QED) is 0.316. The first-order chi connectivity index (χ1) is 17.7. The van der Waals surface area contributed by atoms with Gasteiger partial charge >= 0.3 is 0 Å². The largest absolute Gasteiger partial charge is 0.492 e. The number of ether oxygens (including phenoxy) is 1. The molecule has 1 heterocycles. The summed E-state index contributed by atoms with van der Waals surface area (Å²) in [5.74, 6) is 0.646. The molecule has 0 amide bonds. The number of anilines is 1. The van der Waals surface area contributed by atoms with Gasteiger partial charge in [0.2, 0.25) is 0 Å². The first kappa shape index (κ1) is 26.8. The highest BCUT2D eigenvalue weighted by Gasteiger charge is 2.32. The van der Waals surface area contributed by atoms with Crippen LogP contribution >= 0.6 is 23.2 Å². The average Bonchev–Trinajstić information content (AvgIpc) is 2.92. The minimum absolute atomic E-state index is 0.0636. The van der Waals surface area contributed by atoms with Crippen LogP contribution in [0.2, 0.25) is 10.0 Å². The van der Waals surface area contributed by atoms with Crippen molar-refractivity contribution in [2.24, 2.45) is 5.41 Å². The summed E-state index contributed by atoms with van der Waals surface area (Å²) in [7, 11) is 0. The fourth-order valence-corrected chi connectivity index (χ4v) is 4.97. The Kier molecular flexibility index (Phi) is 8.30. The monoisotopic (exact) mass is 532 g/mol. The standard InChI is InChI=1S/C30H30Cl2N4O/c1-21(23-6-4-22(17-33)5-7-23)35-14-15-36(29(18-35)24-8-10-25(31)11-9-24)28-13-12-26(16-27(28)32)37-20-30(2,3)19-34/h4-13,16,21,29H,14-15,18,20H2,1-3H3/t21?,29-/m0/s1. The lowest BCUT2D eigenvalue weighted by molar-refractivity contribution is 0.171. The number of hydrogen-bond donors (Lipinski definition) is 0. The third-order valence-corrected chi connectivity index (χ3v) is 7.42. The molecular formula is C30H30Cl2N4O. The second-order valence-electron chi connectivity index (χ2n) is 10.1. The summed E-state index contributed by atoms with van der Waals surface area (Å²) in [4.78, 5) is 4.81. The van der Waals surface area contributed by atoms with Crippen molar-refractivity contribution < 1.29 is 4.74 Å². The van der Waals surface area contributed by atoms with E-state index in [4.69, 9.17) is 33.2 Å². The van der Waals surface area contributed by atoms with Gasteiger partial charge in [0.25, 0.3) is 0 Å². The predicted octanol–water partition coefficient (Wildman–Crippen LogP) is 7.42. The molecule has 1 unspecified atom stereocenters. The molecule has 0 aromatic heterocycles. The van der Waals surface area contributed by atoms with E-state index in [1.807, 2.05) is 68.4 Å². The Morgan fingerprint density at radius 1 is 1.00 bits per heavy atom. The molecule has 0 aliphatic carbocycles. The van der Waals surface area contributed by atoms with E-state index in [1.54, 1.807) is 0 Å². The van der Waals surface area contributed by atoms with Gasteiger partial charge in [-0.15, -0.1) is 0 Å². The van der Waals surface area contributed by atoms with Crippen LogP contribution in [0.5, 0.6) is 5.75 Å². The molecule has 1 aliphatic heterocycles. The zero-order chi connectivity index (χ0) is 26.6. The maximum atomic E-state index is 9.26. The smallest absolute Gasteiger partial charge is 0.121 e. The summed E-state index contributed by atoms with van der Waals surface area (Å²) in [6.07, 6.45) is 0. The van der Waals surface area contributed by atoms with Gasteiger partial charge in [0.05, 0.1) is 39.9 Å². The highest BCUT2D eigenvalue weighted by molar-refractivity contribution is 6.33. The summed E-state index contributed by atoms with van der Waals surface area (Å²) in [5.41, 5.74) is 3.37. The Balaban J connectivity index is 1.59. The van der Waals surface area contributed by atoms with Crippen molar-refractivity contribution in [3.05, 3.63) is 93.5 Å². The van der Waals surface area contributed by atoms with Crippen molar-refractivity contribution in [2.45, 2.75) is 32.9 Å². The zero-order valence-corrected chi connectivity index (χ0v) is 22.8. The SMILES string of the molecule is CC(c1ccc(C#N)cc1)N1CCN(c2ccc(OCC(C)(C)C#N)cc2Cl)[C@H](c2ccc(Cl)cc2)C1. The summed E-state index contributed by atoms with van der Waals surface area (Å²) >= 11 is 13.0. The molecule has 4 rings (SSSR count). The number of nitriles is 2. The van der Waals surface area contributed by atoms with Crippen LogP contribution in [0.1, 0.15) is 49.5 Å². The first-order valence-corrected chi connectivity index (χ1v) is 13.1. The van der Waals surface area contributed by atoms with Crippen LogP contribution in [0.15, 0.2) is 66.7 Å². The molecule has 0 radical (unpaired) electrons. The minimum Gasteiger partial charge on any atom is -0.492 e. The van der Waals surface area contributed by atoms with E-state index in [9.17, 15) is 5.26 Å². The van der Waals surface area contributed by atoms with Gasteiger partial charge in [-0.1, -0.05) is 47.5 Å². The molecule has 3 aromatic carbocycles. The van der Waals surface area contributed by atoms with Crippen LogP contribution in [0, 0.1) is 28.1 Å². The molecule has 0 bridgehead atoms. The second-order valence-corrected chi connectivity index (χ2v) is 10.9. The highest BCUT2D eigenvalue weighted by atomic mass is 35.5. The van der Waals surface area contributed by atoms with Gasteiger partial charge in [-0.05, 0) is 68.3 Å². The molecule has 0 spiro atoms. The number of piperazine rings is 1. The number of benzene rings is 3. The topological polar surface area (TPSA) is 63.3 Å². The van der Waals surface area contributed by atoms with E-state index in [1.165, 1.54) is 5.56 Å². The third kappa shape index (κ3) is 6.38. The number of hydrogen-bond acceptors (Lipinski definition) is 5. The molecule has 37 heavy (non-hydrogen) atoms. The third-order valence-electron chi connectivity index (χ3n) is 6.87. The molecule has 2 atom stereocenters. The Bertz CT molecular complexity index is 1310. The van der Waals surface area contributed by atoms with Crippen LogP contribution in [-0.2, 0) is 0 Å². The van der Waals surface area contributed by atoms with E-state index in [2.05, 4.69) is 41.0 Å². The summed E-state index contributed by atoms with van der Waals surface area (Å²) < 4.78 is 5.86. The van der Waals surface area contributed by atoms with Crippen molar-refractivity contribution in [1.29, 1.82) is 10.5 Å². The zero-order valence-electron chi connectivity index (χ0n) is 21.3. The Hall–Kier alpha value is -3.22. The lowest BCUT2D eigenvalue weighted by Crippen LogP contribution is -2.49. The van der Waals surface area contributed by atoms with Gasteiger partial charge in [0.15, 0.2) is 0 Å². The minimum atomic E-state index is -0.577. The van der Waals surface area contributed by atoms with E-state index in [0.29, 0.717) is 28.0 Å². The van der Waals surface area contributed by atoms with Gasteiger partial charge in [-0.2, -0.15) is 10.5 Å². The Morgan fingerprint density at radius 3 is 2.32 bits per heavy atom. The molecule has 0 saturated carbocycles. The number of halogens is 2. The number of rotatable bonds is 7. The maximum Gasteiger partial charge on any atom is 0.121 e. The predicted molar refractivity (Wildman–Crippen MR) is 149 cm³/mol. The van der Waals surface area contributed by atoms with Gasteiger partial charge in [-0.3, -0.25) is 4.90 Å². The van der Waals surface area contributed by atoms with Gasteiger partial charge < -0.3 is 9.64 Å². The Morgan fingerprint density at radius 2 is 1.70 bits per heavy atom. The van der Waals surface area contributed by atoms with Crippen LogP contribution < -0.4 is 9.64 Å². The average molecular weight is 534 g/mol. The van der Waals surface area contributed by atoms with E-state index in [-0.39, 0.29) is 12.1 Å². The van der Waals surface area contributed by atoms with Crippen molar-refractivity contribution in [1.82, 2.24) is 4.90 Å². The molecule has 190 valence electrons. The molecule has 1 aliphatic rings. The summed E-state index contributed by atoms with van der Waals surface area (Å²) in [5, 5.41) is 19.7. The molecule has 7 heteroatoms. The molecule has 3 aromatic rings. The lowest BCUT2D eigenvalue weighted by atomic mass is 9.97. The van der Waals surface area contributed by atoms with Gasteiger partial charge in [-0.25, -0.2) is 0 Å². The molecule has 0 N–H and O–H groups in total. The van der Waals surface area contributed by atoms with Gasteiger partial charge in [0, 0.05) is 36.8 Å². The summed E-state index contributed by atoms with van der Waals surface area (Å²) in [6.45, 7) is 8.63. The van der Waals surface area contributed by atoms with E-state index < -0.39 is 5.41 Å². The second kappa shape index (κ2) is 11.4. The van der Waals surface area contributed by atoms with Crippen LogP contribution in [0.25, 0.3) is 0 Å². The maximum absolute atomic E-state index is 9.26. The van der Waals surface area contributed by atoms with Gasteiger partial charge in [0.1, 0.15) is 12.4 Å². The van der Waals surface area contributed by atoms with Crippen molar-refractivity contribution in [3.8, 4) is 17.9 Å². The van der Waals surface area contributed by atoms with Crippen molar-refractivity contribution in [3.63, 3.8) is 0 Å².